The standard InChI is InChI=1S/C24H25N5OS/c30-21(18-9-3-1-4-10-18)17-31-24-25-20-12-6-5-11-19(20)23-26-22(27-29(23)24)13-16-28-14-7-2-8-15-28/h1,3-6,9-12H,2,7-8,13-17H2. The zero-order chi connectivity index (χ0) is 21.0. The number of carbonyl (C=O) groups excluding carboxylic acids is 1. The van der Waals surface area contributed by atoms with Crippen LogP contribution in [0.3, 0.4) is 0 Å². The van der Waals surface area contributed by atoms with E-state index < -0.39 is 0 Å². The minimum absolute atomic E-state index is 0.0825. The molecule has 1 aliphatic heterocycles. The summed E-state index contributed by atoms with van der Waals surface area (Å²) in [7, 11) is 0. The fraction of sp³-hybridized carbons (Fsp3) is 0.333. The van der Waals surface area contributed by atoms with E-state index in [0.717, 1.165) is 35.3 Å². The molecule has 0 N–H and O–H groups in total. The van der Waals surface area contributed by atoms with Gasteiger partial charge in [0, 0.05) is 23.9 Å². The van der Waals surface area contributed by atoms with Gasteiger partial charge in [-0.05, 0) is 38.1 Å². The highest BCUT2D eigenvalue weighted by molar-refractivity contribution is 7.99. The van der Waals surface area contributed by atoms with Crippen molar-refractivity contribution in [1.29, 1.82) is 0 Å². The van der Waals surface area contributed by atoms with Crippen molar-refractivity contribution in [3.05, 3.63) is 66.0 Å². The van der Waals surface area contributed by atoms with Crippen LogP contribution < -0.4 is 0 Å². The number of carbonyl (C=O) groups is 1. The summed E-state index contributed by atoms with van der Waals surface area (Å²) in [6.07, 6.45) is 4.72. The lowest BCUT2D eigenvalue weighted by molar-refractivity contribution is 0.102. The van der Waals surface area contributed by atoms with Crippen LogP contribution >= 0.6 is 11.8 Å². The van der Waals surface area contributed by atoms with E-state index in [1.807, 2.05) is 59.1 Å². The smallest absolute Gasteiger partial charge is 0.192 e. The summed E-state index contributed by atoms with van der Waals surface area (Å²) in [5, 5.41) is 6.47. The van der Waals surface area contributed by atoms with Gasteiger partial charge in [0.1, 0.15) is 0 Å². The Morgan fingerprint density at radius 2 is 1.71 bits per heavy atom. The van der Waals surface area contributed by atoms with Gasteiger partial charge in [-0.3, -0.25) is 4.79 Å². The average Bonchev–Trinajstić information content (AvgIpc) is 3.27. The van der Waals surface area contributed by atoms with Gasteiger partial charge in [-0.15, -0.1) is 5.10 Å². The first kappa shape index (κ1) is 20.2. The second-order valence-electron chi connectivity index (χ2n) is 7.91. The van der Waals surface area contributed by atoms with Crippen molar-refractivity contribution in [3.8, 4) is 0 Å². The SMILES string of the molecule is O=C(CSc1nc2ccccc2c2nc(CCN3CCCCC3)nn12)c1ccccc1. The van der Waals surface area contributed by atoms with Crippen molar-refractivity contribution in [2.45, 2.75) is 30.8 Å². The molecule has 6 nitrogen and oxygen atoms in total. The summed E-state index contributed by atoms with van der Waals surface area (Å²) >= 11 is 1.42. The molecule has 0 unspecified atom stereocenters. The van der Waals surface area contributed by atoms with E-state index in [0.29, 0.717) is 16.5 Å². The Kier molecular flexibility index (Phi) is 5.95. The van der Waals surface area contributed by atoms with Crippen molar-refractivity contribution in [2.75, 3.05) is 25.4 Å². The summed E-state index contributed by atoms with van der Waals surface area (Å²) in [6, 6.07) is 17.4. The monoisotopic (exact) mass is 431 g/mol. The van der Waals surface area contributed by atoms with Gasteiger partial charge in [-0.1, -0.05) is 60.6 Å². The minimum Gasteiger partial charge on any atom is -0.303 e. The normalized spacial score (nSPS) is 15.0. The van der Waals surface area contributed by atoms with Crippen LogP contribution in [0.15, 0.2) is 59.8 Å². The Morgan fingerprint density at radius 1 is 0.935 bits per heavy atom. The molecule has 0 aliphatic carbocycles. The topological polar surface area (TPSA) is 63.4 Å². The Bertz CT molecular complexity index is 1200. The molecule has 0 atom stereocenters. The van der Waals surface area contributed by atoms with Gasteiger partial charge in [0.15, 0.2) is 22.4 Å². The van der Waals surface area contributed by atoms with Crippen LogP contribution in [0.4, 0.5) is 0 Å². The average molecular weight is 432 g/mol. The van der Waals surface area contributed by atoms with Crippen molar-refractivity contribution < 1.29 is 4.79 Å². The number of ketones is 1. The van der Waals surface area contributed by atoms with Gasteiger partial charge in [0.05, 0.1) is 11.3 Å². The molecule has 1 fully saturated rings. The third kappa shape index (κ3) is 4.48. The maximum absolute atomic E-state index is 12.6. The molecule has 7 heteroatoms. The molecule has 0 bridgehead atoms. The lowest BCUT2D eigenvalue weighted by Gasteiger charge is -2.25. The second kappa shape index (κ2) is 9.16. The third-order valence-electron chi connectivity index (χ3n) is 5.72. The number of piperidine rings is 1. The van der Waals surface area contributed by atoms with E-state index in [1.165, 1.54) is 44.1 Å². The maximum atomic E-state index is 12.6. The van der Waals surface area contributed by atoms with Crippen LogP contribution in [0.5, 0.6) is 0 Å². The molecular weight excluding hydrogens is 406 g/mol. The molecule has 0 spiro atoms. The van der Waals surface area contributed by atoms with Gasteiger partial charge in [0.25, 0.3) is 0 Å². The summed E-state index contributed by atoms with van der Waals surface area (Å²) in [6.45, 7) is 3.32. The minimum atomic E-state index is 0.0825. The lowest BCUT2D eigenvalue weighted by atomic mass is 10.1. The van der Waals surface area contributed by atoms with E-state index in [1.54, 1.807) is 0 Å². The number of para-hydroxylation sites is 1. The van der Waals surface area contributed by atoms with E-state index in [-0.39, 0.29) is 5.78 Å². The first-order chi connectivity index (χ1) is 15.3. The summed E-state index contributed by atoms with van der Waals surface area (Å²) < 4.78 is 1.82. The number of hydrogen-bond donors (Lipinski definition) is 0. The van der Waals surface area contributed by atoms with Crippen molar-refractivity contribution in [2.24, 2.45) is 0 Å². The van der Waals surface area contributed by atoms with E-state index in [9.17, 15) is 4.79 Å². The van der Waals surface area contributed by atoms with E-state index >= 15 is 0 Å². The second-order valence-corrected chi connectivity index (χ2v) is 8.85. The summed E-state index contributed by atoms with van der Waals surface area (Å²) in [5.74, 6) is 1.23. The number of aromatic nitrogens is 4. The summed E-state index contributed by atoms with van der Waals surface area (Å²) in [4.78, 5) is 24.8. The molecule has 0 saturated carbocycles. The van der Waals surface area contributed by atoms with Crippen molar-refractivity contribution in [3.63, 3.8) is 0 Å². The number of Topliss-reactive ketones (excluding diaryl/α,β-unsaturated/α-hetero) is 1. The maximum Gasteiger partial charge on any atom is 0.192 e. The van der Waals surface area contributed by atoms with Crippen molar-refractivity contribution in [1.82, 2.24) is 24.5 Å². The predicted molar refractivity (Wildman–Crippen MR) is 124 cm³/mol. The van der Waals surface area contributed by atoms with Gasteiger partial charge >= 0.3 is 0 Å². The number of benzene rings is 2. The number of thioether (sulfide) groups is 1. The quantitative estimate of drug-likeness (QED) is 0.247. The number of likely N-dealkylation sites (tertiary alicyclic amines) is 1. The molecule has 158 valence electrons. The number of nitrogens with zero attached hydrogens (tertiary/aromatic N) is 5. The van der Waals surface area contributed by atoms with Crippen LogP contribution in [0, 0.1) is 0 Å². The van der Waals surface area contributed by atoms with Gasteiger partial charge in [-0.25, -0.2) is 9.97 Å². The molecule has 5 rings (SSSR count). The van der Waals surface area contributed by atoms with Crippen LogP contribution in [0.1, 0.15) is 35.4 Å². The zero-order valence-corrected chi connectivity index (χ0v) is 18.2. The first-order valence-corrected chi connectivity index (χ1v) is 11.8. The number of fused-ring (bicyclic) bond motifs is 3. The number of rotatable bonds is 7. The highest BCUT2D eigenvalue weighted by Crippen LogP contribution is 2.24. The van der Waals surface area contributed by atoms with Crippen LogP contribution in [-0.4, -0.2) is 55.7 Å². The van der Waals surface area contributed by atoms with E-state index in [2.05, 4.69) is 4.90 Å². The highest BCUT2D eigenvalue weighted by Gasteiger charge is 2.17. The van der Waals surface area contributed by atoms with Crippen LogP contribution in [-0.2, 0) is 6.42 Å². The fourth-order valence-corrected chi connectivity index (χ4v) is 4.89. The lowest BCUT2D eigenvalue weighted by Crippen LogP contribution is -2.31. The molecule has 2 aromatic carbocycles. The van der Waals surface area contributed by atoms with E-state index in [4.69, 9.17) is 15.1 Å². The van der Waals surface area contributed by atoms with Gasteiger partial charge < -0.3 is 4.90 Å². The van der Waals surface area contributed by atoms with Crippen molar-refractivity contribution >= 4 is 34.1 Å². The first-order valence-electron chi connectivity index (χ1n) is 10.9. The molecule has 2 aromatic heterocycles. The Morgan fingerprint density at radius 3 is 2.55 bits per heavy atom. The molecule has 0 amide bonds. The Hall–Kier alpha value is -2.77. The molecule has 31 heavy (non-hydrogen) atoms. The predicted octanol–water partition coefficient (Wildman–Crippen LogP) is 4.28. The molecular formula is C24H25N5OS. The zero-order valence-electron chi connectivity index (χ0n) is 17.4. The third-order valence-corrected chi connectivity index (χ3v) is 6.65. The molecule has 1 aliphatic rings. The van der Waals surface area contributed by atoms with Gasteiger partial charge in [0.2, 0.25) is 0 Å². The van der Waals surface area contributed by atoms with Crippen LogP contribution in [0.2, 0.25) is 0 Å². The Balaban J connectivity index is 1.42. The fourth-order valence-electron chi connectivity index (χ4n) is 4.05. The highest BCUT2D eigenvalue weighted by atomic mass is 32.2. The molecule has 3 heterocycles. The van der Waals surface area contributed by atoms with Crippen LogP contribution in [0.25, 0.3) is 16.6 Å². The Labute approximate surface area is 185 Å². The largest absolute Gasteiger partial charge is 0.303 e. The number of hydrogen-bond acceptors (Lipinski definition) is 6. The molecule has 4 aromatic rings. The van der Waals surface area contributed by atoms with Gasteiger partial charge in [-0.2, -0.15) is 4.52 Å². The molecule has 1 saturated heterocycles. The summed E-state index contributed by atoms with van der Waals surface area (Å²) in [5.41, 5.74) is 2.40. The molecule has 0 radical (unpaired) electrons.